The molecule has 5 nitrogen and oxygen atoms in total. The summed E-state index contributed by atoms with van der Waals surface area (Å²) in [6.07, 6.45) is 0. The SMILES string of the molecule is Cc1ccc(NC(=O)c2n[nH]nc2-c2ccccc2)cc1Cl. The molecular formula is C16H13ClN4O. The molecule has 6 heteroatoms. The Balaban J connectivity index is 1.87. The molecule has 1 aromatic heterocycles. The van der Waals surface area contributed by atoms with Crippen LogP contribution in [0.4, 0.5) is 5.69 Å². The lowest BCUT2D eigenvalue weighted by atomic mass is 10.1. The average molecular weight is 313 g/mol. The summed E-state index contributed by atoms with van der Waals surface area (Å²) in [7, 11) is 0. The van der Waals surface area contributed by atoms with Gasteiger partial charge >= 0.3 is 0 Å². The highest BCUT2D eigenvalue weighted by atomic mass is 35.5. The second kappa shape index (κ2) is 5.99. The minimum absolute atomic E-state index is 0.239. The lowest BCUT2D eigenvalue weighted by Crippen LogP contribution is -2.13. The molecule has 2 N–H and O–H groups in total. The molecule has 3 aromatic rings. The number of aromatic nitrogens is 3. The van der Waals surface area contributed by atoms with Crippen LogP contribution in [-0.2, 0) is 0 Å². The molecule has 0 unspecified atom stereocenters. The zero-order chi connectivity index (χ0) is 15.5. The fourth-order valence-electron chi connectivity index (χ4n) is 2.05. The molecule has 0 bridgehead atoms. The number of hydrogen-bond acceptors (Lipinski definition) is 3. The number of aromatic amines is 1. The number of aryl methyl sites for hydroxylation is 1. The van der Waals surface area contributed by atoms with Gasteiger partial charge in [-0.25, -0.2) is 0 Å². The Morgan fingerprint density at radius 1 is 1.14 bits per heavy atom. The summed E-state index contributed by atoms with van der Waals surface area (Å²) in [5, 5.41) is 13.9. The molecule has 0 aliphatic carbocycles. The second-order valence-corrected chi connectivity index (χ2v) is 5.21. The fourth-order valence-corrected chi connectivity index (χ4v) is 2.23. The molecule has 0 aliphatic rings. The first-order chi connectivity index (χ1) is 10.6. The number of amides is 1. The number of H-pyrrole nitrogens is 1. The van der Waals surface area contributed by atoms with Crippen LogP contribution in [0.3, 0.4) is 0 Å². The minimum Gasteiger partial charge on any atom is -0.320 e. The number of nitrogens with zero attached hydrogens (tertiary/aromatic N) is 2. The van der Waals surface area contributed by atoms with Crippen molar-refractivity contribution in [2.75, 3.05) is 5.32 Å². The summed E-state index contributed by atoms with van der Waals surface area (Å²) in [5.74, 6) is -0.340. The van der Waals surface area contributed by atoms with Gasteiger partial charge in [-0.05, 0) is 24.6 Å². The first-order valence-electron chi connectivity index (χ1n) is 6.69. The van der Waals surface area contributed by atoms with Crippen LogP contribution in [0, 0.1) is 6.92 Å². The maximum Gasteiger partial charge on any atom is 0.278 e. The first-order valence-corrected chi connectivity index (χ1v) is 7.06. The van der Waals surface area contributed by atoms with Gasteiger partial charge in [0.15, 0.2) is 5.69 Å². The Morgan fingerprint density at radius 2 is 1.91 bits per heavy atom. The summed E-state index contributed by atoms with van der Waals surface area (Å²) < 4.78 is 0. The quantitative estimate of drug-likeness (QED) is 0.775. The summed E-state index contributed by atoms with van der Waals surface area (Å²) in [6, 6.07) is 14.8. The summed E-state index contributed by atoms with van der Waals surface area (Å²) >= 11 is 6.06. The van der Waals surface area contributed by atoms with E-state index in [0.717, 1.165) is 11.1 Å². The molecule has 1 heterocycles. The Hall–Kier alpha value is -2.66. The Labute approximate surface area is 132 Å². The van der Waals surface area contributed by atoms with E-state index in [4.69, 9.17) is 11.6 Å². The van der Waals surface area contributed by atoms with Gasteiger partial charge in [0.25, 0.3) is 5.91 Å². The topological polar surface area (TPSA) is 70.7 Å². The molecule has 0 saturated heterocycles. The van der Waals surface area contributed by atoms with E-state index in [-0.39, 0.29) is 11.6 Å². The van der Waals surface area contributed by atoms with Crippen molar-refractivity contribution in [1.82, 2.24) is 15.4 Å². The highest BCUT2D eigenvalue weighted by molar-refractivity contribution is 6.31. The summed E-state index contributed by atoms with van der Waals surface area (Å²) in [4.78, 5) is 12.4. The van der Waals surface area contributed by atoms with E-state index >= 15 is 0 Å². The monoisotopic (exact) mass is 312 g/mol. The smallest absolute Gasteiger partial charge is 0.278 e. The van der Waals surface area contributed by atoms with Crippen LogP contribution in [0.5, 0.6) is 0 Å². The molecule has 0 spiro atoms. The first kappa shape index (κ1) is 14.3. The van der Waals surface area contributed by atoms with Crippen molar-refractivity contribution in [1.29, 1.82) is 0 Å². The van der Waals surface area contributed by atoms with E-state index in [1.54, 1.807) is 12.1 Å². The maximum absolute atomic E-state index is 12.4. The summed E-state index contributed by atoms with van der Waals surface area (Å²) in [6.45, 7) is 1.90. The second-order valence-electron chi connectivity index (χ2n) is 4.80. The molecule has 0 radical (unpaired) electrons. The number of benzene rings is 2. The van der Waals surface area contributed by atoms with Gasteiger partial charge in [0.1, 0.15) is 5.69 Å². The van der Waals surface area contributed by atoms with Crippen molar-refractivity contribution in [2.45, 2.75) is 6.92 Å². The molecule has 0 atom stereocenters. The zero-order valence-corrected chi connectivity index (χ0v) is 12.6. The van der Waals surface area contributed by atoms with Crippen LogP contribution in [0.25, 0.3) is 11.3 Å². The van der Waals surface area contributed by atoms with Gasteiger partial charge in [0.2, 0.25) is 0 Å². The van der Waals surface area contributed by atoms with Crippen molar-refractivity contribution in [3.05, 3.63) is 64.8 Å². The molecule has 1 amide bonds. The third-order valence-electron chi connectivity index (χ3n) is 3.24. The number of carbonyl (C=O) groups is 1. The van der Waals surface area contributed by atoms with Crippen molar-refractivity contribution in [3.63, 3.8) is 0 Å². The van der Waals surface area contributed by atoms with Crippen LogP contribution in [0.2, 0.25) is 5.02 Å². The predicted octanol–water partition coefficient (Wildman–Crippen LogP) is 3.69. The van der Waals surface area contributed by atoms with Crippen molar-refractivity contribution in [2.24, 2.45) is 0 Å². The highest BCUT2D eigenvalue weighted by Gasteiger charge is 2.18. The van der Waals surface area contributed by atoms with Gasteiger partial charge in [-0.15, -0.1) is 0 Å². The van der Waals surface area contributed by atoms with E-state index in [2.05, 4.69) is 20.7 Å². The largest absolute Gasteiger partial charge is 0.320 e. The van der Waals surface area contributed by atoms with E-state index in [0.29, 0.717) is 16.4 Å². The number of halogens is 1. The van der Waals surface area contributed by atoms with Gasteiger partial charge < -0.3 is 5.32 Å². The molecule has 0 aliphatic heterocycles. The number of anilines is 1. The van der Waals surface area contributed by atoms with Crippen molar-refractivity contribution >= 4 is 23.2 Å². The van der Waals surface area contributed by atoms with E-state index in [9.17, 15) is 4.79 Å². The molecule has 2 aromatic carbocycles. The standard InChI is InChI=1S/C16H13ClN4O/c1-10-7-8-12(9-13(10)17)18-16(22)15-14(19-21-20-15)11-5-3-2-4-6-11/h2-9H,1H3,(H,18,22)(H,19,20,21). The van der Waals surface area contributed by atoms with E-state index < -0.39 is 0 Å². The van der Waals surface area contributed by atoms with E-state index in [1.807, 2.05) is 43.3 Å². The Morgan fingerprint density at radius 3 is 2.64 bits per heavy atom. The van der Waals surface area contributed by atoms with Crippen LogP contribution >= 0.6 is 11.6 Å². The molecule has 0 saturated carbocycles. The van der Waals surface area contributed by atoms with Crippen molar-refractivity contribution < 1.29 is 4.79 Å². The highest BCUT2D eigenvalue weighted by Crippen LogP contribution is 2.22. The predicted molar refractivity (Wildman–Crippen MR) is 86.0 cm³/mol. The molecule has 0 fully saturated rings. The number of rotatable bonds is 3. The third kappa shape index (κ3) is 2.84. The molecule has 3 rings (SSSR count). The van der Waals surface area contributed by atoms with Gasteiger partial charge in [0, 0.05) is 16.3 Å². The average Bonchev–Trinajstić information content (AvgIpc) is 3.01. The van der Waals surface area contributed by atoms with Gasteiger partial charge in [-0.1, -0.05) is 48.0 Å². The Kier molecular flexibility index (Phi) is 3.89. The summed E-state index contributed by atoms with van der Waals surface area (Å²) in [5.41, 5.74) is 3.14. The number of carbonyl (C=O) groups excluding carboxylic acids is 1. The number of nitrogens with one attached hydrogen (secondary N) is 2. The van der Waals surface area contributed by atoms with Crippen LogP contribution in [0.15, 0.2) is 48.5 Å². The lowest BCUT2D eigenvalue weighted by Gasteiger charge is -2.06. The maximum atomic E-state index is 12.4. The van der Waals surface area contributed by atoms with Crippen molar-refractivity contribution in [3.8, 4) is 11.3 Å². The Bertz CT molecular complexity index is 814. The van der Waals surface area contributed by atoms with E-state index in [1.165, 1.54) is 0 Å². The van der Waals surface area contributed by atoms with Crippen LogP contribution < -0.4 is 5.32 Å². The van der Waals surface area contributed by atoms with Gasteiger partial charge in [-0.3, -0.25) is 4.79 Å². The molecule has 22 heavy (non-hydrogen) atoms. The number of hydrogen-bond donors (Lipinski definition) is 2. The zero-order valence-electron chi connectivity index (χ0n) is 11.8. The van der Waals surface area contributed by atoms with Gasteiger partial charge in [-0.2, -0.15) is 15.4 Å². The van der Waals surface area contributed by atoms with Crippen LogP contribution in [-0.4, -0.2) is 21.3 Å². The normalized spacial score (nSPS) is 10.5. The molecular weight excluding hydrogens is 300 g/mol. The lowest BCUT2D eigenvalue weighted by molar-refractivity contribution is 0.102. The van der Waals surface area contributed by atoms with Crippen LogP contribution in [0.1, 0.15) is 16.1 Å². The third-order valence-corrected chi connectivity index (χ3v) is 3.65. The van der Waals surface area contributed by atoms with Gasteiger partial charge in [0.05, 0.1) is 0 Å². The fraction of sp³-hybridized carbons (Fsp3) is 0.0625. The minimum atomic E-state index is -0.340. The molecule has 110 valence electrons.